The summed E-state index contributed by atoms with van der Waals surface area (Å²) in [5.41, 5.74) is 17.0. The predicted octanol–water partition coefficient (Wildman–Crippen LogP) is 11.3. The number of benzene rings is 6. The molecule has 0 saturated heterocycles. The lowest BCUT2D eigenvalue weighted by Gasteiger charge is -2.31. The Morgan fingerprint density at radius 1 is 0.543 bits per heavy atom. The van der Waals surface area contributed by atoms with Gasteiger partial charge in [0.2, 0.25) is 0 Å². The largest absolute Gasteiger partial charge is 0.248 e. The Balaban J connectivity index is 1.37. The quantitative estimate of drug-likeness (QED) is 0.172. The van der Waals surface area contributed by atoms with E-state index in [2.05, 4.69) is 154 Å². The van der Waals surface area contributed by atoms with Crippen LogP contribution in [0.1, 0.15) is 45.9 Å². The summed E-state index contributed by atoms with van der Waals surface area (Å²) in [4.78, 5) is 5.39. The van der Waals surface area contributed by atoms with Crippen LogP contribution in [0.3, 0.4) is 0 Å². The Hall–Kier alpha value is -5.79. The highest BCUT2D eigenvalue weighted by molar-refractivity contribution is 6.35. The maximum Gasteiger partial charge on any atom is 0.0787 e. The third kappa shape index (κ3) is 4.13. The van der Waals surface area contributed by atoms with Gasteiger partial charge in [0.25, 0.3) is 0 Å². The molecule has 0 fully saturated rings. The monoisotopic (exact) mass is 587 g/mol. The van der Waals surface area contributed by atoms with Crippen LogP contribution >= 0.6 is 0 Å². The van der Waals surface area contributed by atoms with Crippen molar-refractivity contribution < 1.29 is 0 Å². The molecule has 0 N–H and O–H groups in total. The second kappa shape index (κ2) is 11.0. The molecule has 8 rings (SSSR count). The number of hydrogen-bond acceptors (Lipinski definition) is 1. The molecule has 6 aromatic rings. The van der Waals surface area contributed by atoms with Crippen molar-refractivity contribution in [3.8, 4) is 22.3 Å². The van der Waals surface area contributed by atoms with Gasteiger partial charge in [-0.2, -0.15) is 0 Å². The first-order valence-electron chi connectivity index (χ1n) is 15.8. The summed E-state index contributed by atoms with van der Waals surface area (Å²) in [5, 5.41) is 0. The van der Waals surface area contributed by atoms with E-state index in [1.807, 2.05) is 24.3 Å². The normalized spacial score (nSPS) is 14.2. The molecule has 0 heterocycles. The summed E-state index contributed by atoms with van der Waals surface area (Å²) in [6.07, 6.45) is 1.87. The molecule has 218 valence electrons. The number of fused-ring (bicyclic) bond motifs is 7. The zero-order valence-electron chi connectivity index (χ0n) is 25.9. The zero-order valence-corrected chi connectivity index (χ0v) is 25.9. The summed E-state index contributed by atoms with van der Waals surface area (Å²) in [6, 6.07) is 54.3. The minimum Gasteiger partial charge on any atom is -0.248 e. The Morgan fingerprint density at radius 2 is 1.02 bits per heavy atom. The second-order valence-electron chi connectivity index (χ2n) is 12.1. The first kappa shape index (κ1) is 27.7. The molecule has 0 unspecified atom stereocenters. The fourth-order valence-electron chi connectivity index (χ4n) is 7.58. The third-order valence-corrected chi connectivity index (χ3v) is 9.72. The van der Waals surface area contributed by atoms with Crippen LogP contribution in [0.5, 0.6) is 0 Å². The molecule has 1 heteroatoms. The molecule has 0 aromatic heterocycles. The van der Waals surface area contributed by atoms with Crippen LogP contribution < -0.4 is 0 Å². The van der Waals surface area contributed by atoms with Crippen molar-refractivity contribution in [3.63, 3.8) is 0 Å². The Labute approximate surface area is 271 Å². The molecule has 0 radical (unpaired) electrons. The molecule has 1 spiro atoms. The van der Waals surface area contributed by atoms with Crippen molar-refractivity contribution in [2.24, 2.45) is 4.99 Å². The van der Waals surface area contributed by atoms with Gasteiger partial charge in [-0.1, -0.05) is 171 Å². The topological polar surface area (TPSA) is 12.4 Å². The van der Waals surface area contributed by atoms with Crippen LogP contribution in [-0.2, 0) is 5.41 Å². The van der Waals surface area contributed by atoms with E-state index in [4.69, 9.17) is 4.99 Å². The van der Waals surface area contributed by atoms with Crippen molar-refractivity contribution in [2.45, 2.75) is 12.3 Å². The lowest BCUT2D eigenvalue weighted by molar-refractivity contribution is 0.767. The van der Waals surface area contributed by atoms with Crippen LogP contribution in [0, 0.1) is 0 Å². The summed E-state index contributed by atoms with van der Waals surface area (Å²) in [5.74, 6) is 0. The minimum absolute atomic E-state index is 0.402. The molecule has 46 heavy (non-hydrogen) atoms. The molecular weight excluding hydrogens is 555 g/mol. The lowest BCUT2D eigenvalue weighted by Crippen LogP contribution is -2.26. The van der Waals surface area contributed by atoms with Crippen molar-refractivity contribution in [3.05, 3.63) is 209 Å². The van der Waals surface area contributed by atoms with Crippen molar-refractivity contribution >= 4 is 23.1 Å². The molecule has 0 aliphatic heterocycles. The number of nitrogens with zero attached hydrogens (tertiary/aromatic N) is 1. The zero-order chi connectivity index (χ0) is 31.3. The van der Waals surface area contributed by atoms with Gasteiger partial charge >= 0.3 is 0 Å². The van der Waals surface area contributed by atoms with E-state index in [0.717, 1.165) is 33.7 Å². The Bertz CT molecular complexity index is 2170. The fraction of sp³-hybridized carbons (Fsp3) is 0.0444. The van der Waals surface area contributed by atoms with Gasteiger partial charge in [-0.05, 0) is 68.1 Å². The van der Waals surface area contributed by atoms with E-state index in [-0.39, 0.29) is 0 Å². The van der Waals surface area contributed by atoms with Crippen molar-refractivity contribution in [1.29, 1.82) is 0 Å². The Morgan fingerprint density at radius 3 is 1.59 bits per heavy atom. The van der Waals surface area contributed by atoms with Crippen LogP contribution in [0.15, 0.2) is 175 Å². The molecule has 2 aliphatic carbocycles. The highest BCUT2D eigenvalue weighted by Gasteiger charge is 2.51. The van der Waals surface area contributed by atoms with E-state index in [1.165, 1.54) is 50.1 Å². The highest BCUT2D eigenvalue weighted by Crippen LogP contribution is 2.61. The molecule has 0 atom stereocenters. The average molecular weight is 588 g/mol. The fourth-order valence-corrected chi connectivity index (χ4v) is 7.58. The van der Waals surface area contributed by atoms with Gasteiger partial charge in [-0.15, -0.1) is 0 Å². The van der Waals surface area contributed by atoms with Crippen LogP contribution in [0.2, 0.25) is 0 Å². The number of allylic oxidation sites excluding steroid dienone is 2. The van der Waals surface area contributed by atoms with Gasteiger partial charge in [0.15, 0.2) is 0 Å². The van der Waals surface area contributed by atoms with E-state index in [9.17, 15) is 0 Å². The van der Waals surface area contributed by atoms with E-state index in [1.54, 1.807) is 0 Å². The summed E-state index contributed by atoms with van der Waals surface area (Å²) >= 11 is 0. The molecular formula is C45H33N. The second-order valence-corrected chi connectivity index (χ2v) is 12.1. The summed E-state index contributed by atoms with van der Waals surface area (Å²) < 4.78 is 0. The minimum atomic E-state index is -0.402. The lowest BCUT2D eigenvalue weighted by atomic mass is 9.70. The summed E-state index contributed by atoms with van der Waals surface area (Å²) in [7, 11) is 0. The number of rotatable bonds is 6. The van der Waals surface area contributed by atoms with Gasteiger partial charge in [0.05, 0.1) is 16.8 Å². The van der Waals surface area contributed by atoms with Gasteiger partial charge in [-0.3, -0.25) is 0 Å². The van der Waals surface area contributed by atoms with Gasteiger partial charge in [0.1, 0.15) is 0 Å². The first-order chi connectivity index (χ1) is 22.6. The molecule has 2 aliphatic rings. The van der Waals surface area contributed by atoms with E-state index in [0.29, 0.717) is 0 Å². The van der Waals surface area contributed by atoms with Gasteiger partial charge in [-0.25, -0.2) is 4.99 Å². The number of hydrogen-bond donors (Lipinski definition) is 0. The highest BCUT2D eigenvalue weighted by atomic mass is 14.8. The molecule has 0 bridgehead atoms. The van der Waals surface area contributed by atoms with Gasteiger partial charge < -0.3 is 0 Å². The van der Waals surface area contributed by atoms with Crippen molar-refractivity contribution in [2.75, 3.05) is 0 Å². The smallest absolute Gasteiger partial charge is 0.0787 e. The molecule has 0 saturated carbocycles. The average Bonchev–Trinajstić information content (AvgIpc) is 3.57. The SMILES string of the molecule is C=Cc1ccc(-c2ccc(/C(=N/C(=C)c3ccccc3)C3=C(C)C4(c5ccccc53)c3ccccc3-c3ccccc34)cc2)cc1. The molecule has 1 nitrogen and oxygen atoms in total. The first-order valence-corrected chi connectivity index (χ1v) is 15.8. The molecule has 6 aromatic carbocycles. The molecule has 0 amide bonds. The standard InChI is InChI=1S/C45H33N/c1-4-32-22-24-34(25-23-32)35-26-28-36(29-27-35)44(46-31(3)33-14-6-5-7-15-33)43-30(2)45(42-21-13-10-18-39(42)43)40-19-11-8-16-37(40)38-17-9-12-20-41(38)45/h4-29H,1,3H2,2H3/b46-44-. The third-order valence-electron chi connectivity index (χ3n) is 9.72. The van der Waals surface area contributed by atoms with Crippen LogP contribution in [0.25, 0.3) is 39.6 Å². The van der Waals surface area contributed by atoms with E-state index >= 15 is 0 Å². The van der Waals surface area contributed by atoms with E-state index < -0.39 is 5.41 Å². The number of aliphatic imine (C=N–C) groups is 1. The van der Waals surface area contributed by atoms with Crippen LogP contribution in [-0.4, -0.2) is 5.71 Å². The summed E-state index contributed by atoms with van der Waals surface area (Å²) in [6.45, 7) is 10.7. The van der Waals surface area contributed by atoms with Gasteiger partial charge in [0, 0.05) is 11.1 Å². The predicted molar refractivity (Wildman–Crippen MR) is 195 cm³/mol. The Kier molecular flexibility index (Phi) is 6.62. The van der Waals surface area contributed by atoms with Crippen molar-refractivity contribution in [1.82, 2.24) is 0 Å². The maximum absolute atomic E-state index is 5.39. The maximum atomic E-state index is 5.39. The van der Waals surface area contributed by atoms with Crippen LogP contribution in [0.4, 0.5) is 0 Å².